The second-order valence-corrected chi connectivity index (χ2v) is 10.7. The molecule has 150 valence electrons. The number of hydrogen-bond acceptors (Lipinski definition) is 4. The highest BCUT2D eigenvalue weighted by molar-refractivity contribution is 8.00. The first-order valence-electron chi connectivity index (χ1n) is 10.7. The lowest BCUT2D eigenvalue weighted by Crippen LogP contribution is -2.51. The van der Waals surface area contributed by atoms with Crippen LogP contribution in [0.1, 0.15) is 45.4 Å². The Balaban J connectivity index is 1.39. The molecule has 5 heteroatoms. The minimum atomic E-state index is -0.0469. The number of methoxy groups -OCH3 is 1. The third-order valence-electron chi connectivity index (χ3n) is 7.35. The van der Waals surface area contributed by atoms with Crippen LogP contribution in [-0.2, 0) is 16.1 Å². The van der Waals surface area contributed by atoms with Gasteiger partial charge in [0.25, 0.3) is 0 Å². The summed E-state index contributed by atoms with van der Waals surface area (Å²) >= 11 is 1.65. The molecule has 1 atom stereocenters. The van der Waals surface area contributed by atoms with E-state index >= 15 is 0 Å². The van der Waals surface area contributed by atoms with E-state index in [0.717, 1.165) is 59.8 Å². The normalized spacial score (nSPS) is 32.1. The van der Waals surface area contributed by atoms with Crippen LogP contribution in [0.4, 0.5) is 0 Å². The van der Waals surface area contributed by atoms with Crippen molar-refractivity contribution in [1.82, 2.24) is 9.55 Å². The summed E-state index contributed by atoms with van der Waals surface area (Å²) in [4.78, 5) is 18.5. The van der Waals surface area contributed by atoms with Gasteiger partial charge < -0.3 is 9.30 Å². The number of para-hydroxylation sites is 2. The number of nitrogens with zero attached hydrogens (tertiary/aromatic N) is 2. The van der Waals surface area contributed by atoms with Crippen LogP contribution in [0, 0.1) is 23.2 Å². The number of rotatable bonds is 7. The Labute approximate surface area is 171 Å². The first-order chi connectivity index (χ1) is 13.6. The number of aromatic nitrogens is 2. The summed E-state index contributed by atoms with van der Waals surface area (Å²) in [5, 5.41) is 0.901. The molecule has 0 N–H and O–H groups in total. The fourth-order valence-electron chi connectivity index (χ4n) is 6.60. The van der Waals surface area contributed by atoms with Gasteiger partial charge in [-0.3, -0.25) is 4.79 Å². The van der Waals surface area contributed by atoms with Crippen LogP contribution in [0.25, 0.3) is 11.0 Å². The maximum atomic E-state index is 13.7. The van der Waals surface area contributed by atoms with Crippen molar-refractivity contribution in [2.75, 3.05) is 13.7 Å². The fourth-order valence-corrected chi connectivity index (χ4v) is 7.74. The molecular weight excluding hydrogens is 368 g/mol. The van der Waals surface area contributed by atoms with Gasteiger partial charge in [0.15, 0.2) is 10.9 Å². The van der Waals surface area contributed by atoms with Crippen molar-refractivity contribution in [3.8, 4) is 0 Å². The van der Waals surface area contributed by atoms with Gasteiger partial charge in [-0.1, -0.05) is 23.9 Å². The topological polar surface area (TPSA) is 44.1 Å². The molecule has 0 amide bonds. The SMILES string of the molecule is COCCn1c(SC(C)C(=O)C23CC4CC(CC(C4)C2)C3)nc2ccccc21. The quantitative estimate of drug-likeness (QED) is 0.619. The lowest BCUT2D eigenvalue weighted by molar-refractivity contribution is -0.142. The predicted molar refractivity (Wildman–Crippen MR) is 113 cm³/mol. The molecule has 0 saturated heterocycles. The van der Waals surface area contributed by atoms with E-state index in [1.54, 1.807) is 18.9 Å². The minimum absolute atomic E-state index is 0.0372. The molecule has 0 radical (unpaired) electrons. The van der Waals surface area contributed by atoms with E-state index in [2.05, 4.69) is 17.6 Å². The number of hydrogen-bond donors (Lipinski definition) is 0. The Morgan fingerprint density at radius 3 is 2.50 bits per heavy atom. The zero-order chi connectivity index (χ0) is 19.3. The van der Waals surface area contributed by atoms with Crippen LogP contribution in [0.3, 0.4) is 0 Å². The van der Waals surface area contributed by atoms with Gasteiger partial charge >= 0.3 is 0 Å². The lowest BCUT2D eigenvalue weighted by atomic mass is 9.48. The number of Topliss-reactive ketones (excluding diaryl/α,β-unsaturated/α-hetero) is 1. The maximum absolute atomic E-state index is 13.7. The van der Waals surface area contributed by atoms with Crippen LogP contribution in [-0.4, -0.2) is 34.3 Å². The zero-order valence-electron chi connectivity index (χ0n) is 16.9. The molecule has 0 aliphatic heterocycles. The fraction of sp³-hybridized carbons (Fsp3) is 0.652. The second-order valence-electron chi connectivity index (χ2n) is 9.35. The third kappa shape index (κ3) is 3.11. The number of ether oxygens (including phenoxy) is 1. The zero-order valence-corrected chi connectivity index (χ0v) is 17.7. The minimum Gasteiger partial charge on any atom is -0.383 e. The molecule has 4 bridgehead atoms. The van der Waals surface area contributed by atoms with Crippen LogP contribution in [0.15, 0.2) is 29.4 Å². The molecule has 6 rings (SSSR count). The summed E-state index contributed by atoms with van der Waals surface area (Å²) in [6.07, 6.45) is 7.55. The van der Waals surface area contributed by atoms with Crippen LogP contribution < -0.4 is 0 Å². The number of fused-ring (bicyclic) bond motifs is 1. The monoisotopic (exact) mass is 398 g/mol. The molecule has 2 aromatic rings. The molecule has 1 aromatic carbocycles. The van der Waals surface area contributed by atoms with Gasteiger partial charge in [0.2, 0.25) is 0 Å². The van der Waals surface area contributed by atoms with Gasteiger partial charge in [-0.15, -0.1) is 0 Å². The number of carbonyl (C=O) groups is 1. The molecular formula is C23H30N2O2S. The van der Waals surface area contributed by atoms with Crippen molar-refractivity contribution in [1.29, 1.82) is 0 Å². The molecule has 4 aliphatic rings. The highest BCUT2D eigenvalue weighted by atomic mass is 32.2. The van der Waals surface area contributed by atoms with Crippen molar-refractivity contribution in [3.05, 3.63) is 24.3 Å². The van der Waals surface area contributed by atoms with Gasteiger partial charge in [0, 0.05) is 19.1 Å². The highest BCUT2D eigenvalue weighted by Gasteiger charge is 2.55. The van der Waals surface area contributed by atoms with Crippen molar-refractivity contribution in [2.45, 2.75) is 62.4 Å². The Bertz CT molecular complexity index is 855. The van der Waals surface area contributed by atoms with Crippen molar-refractivity contribution in [3.63, 3.8) is 0 Å². The maximum Gasteiger partial charge on any atom is 0.169 e. The van der Waals surface area contributed by atoms with E-state index in [1.807, 2.05) is 18.2 Å². The number of imidazole rings is 1. The van der Waals surface area contributed by atoms with E-state index in [9.17, 15) is 4.79 Å². The third-order valence-corrected chi connectivity index (χ3v) is 8.44. The van der Waals surface area contributed by atoms with Gasteiger partial charge in [-0.25, -0.2) is 4.98 Å². The van der Waals surface area contributed by atoms with Crippen LogP contribution >= 0.6 is 11.8 Å². The molecule has 4 fully saturated rings. The standard InChI is InChI=1S/C23H30N2O2S/c1-15(21(26)23-12-16-9-17(13-23)11-18(10-16)14-23)28-22-24-19-5-3-4-6-20(19)25(22)7-8-27-2/h3-6,15-18H,7-14H2,1-2H3. The molecule has 1 heterocycles. The average Bonchev–Trinajstić information content (AvgIpc) is 3.01. The molecule has 28 heavy (non-hydrogen) atoms. The molecule has 4 aliphatic carbocycles. The molecule has 1 unspecified atom stereocenters. The average molecular weight is 399 g/mol. The summed E-state index contributed by atoms with van der Waals surface area (Å²) in [5.41, 5.74) is 2.08. The van der Waals surface area contributed by atoms with Crippen LogP contribution in [0.5, 0.6) is 0 Å². The predicted octanol–water partition coefficient (Wildman–Crippen LogP) is 4.95. The smallest absolute Gasteiger partial charge is 0.169 e. The lowest BCUT2D eigenvalue weighted by Gasteiger charge is -2.56. The van der Waals surface area contributed by atoms with Crippen molar-refractivity contribution >= 4 is 28.6 Å². The largest absolute Gasteiger partial charge is 0.383 e. The number of carbonyl (C=O) groups excluding carboxylic acids is 1. The van der Waals surface area contributed by atoms with E-state index < -0.39 is 0 Å². The van der Waals surface area contributed by atoms with Gasteiger partial charge in [-0.05, 0) is 75.3 Å². The van der Waals surface area contributed by atoms with Crippen molar-refractivity contribution in [2.24, 2.45) is 23.2 Å². The highest BCUT2D eigenvalue weighted by Crippen LogP contribution is 2.61. The molecule has 0 spiro atoms. The second kappa shape index (κ2) is 7.17. The summed E-state index contributed by atoms with van der Waals surface area (Å²) in [6, 6.07) is 8.22. The van der Waals surface area contributed by atoms with Gasteiger partial charge in [-0.2, -0.15) is 0 Å². The number of ketones is 1. The summed E-state index contributed by atoms with van der Waals surface area (Å²) in [5.74, 6) is 2.90. The Morgan fingerprint density at radius 1 is 1.21 bits per heavy atom. The van der Waals surface area contributed by atoms with Crippen molar-refractivity contribution < 1.29 is 9.53 Å². The molecule has 1 aromatic heterocycles. The number of thioether (sulfide) groups is 1. The van der Waals surface area contributed by atoms with Gasteiger partial charge in [0.05, 0.1) is 22.9 Å². The summed E-state index contributed by atoms with van der Waals surface area (Å²) < 4.78 is 7.53. The van der Waals surface area contributed by atoms with E-state index in [4.69, 9.17) is 9.72 Å². The summed E-state index contributed by atoms with van der Waals surface area (Å²) in [7, 11) is 1.73. The van der Waals surface area contributed by atoms with E-state index in [1.165, 1.54) is 19.3 Å². The molecule has 4 saturated carbocycles. The van der Waals surface area contributed by atoms with Gasteiger partial charge in [0.1, 0.15) is 0 Å². The summed E-state index contributed by atoms with van der Waals surface area (Å²) in [6.45, 7) is 3.51. The first-order valence-corrected chi connectivity index (χ1v) is 11.6. The molecule has 4 nitrogen and oxygen atoms in total. The Morgan fingerprint density at radius 2 is 1.86 bits per heavy atom. The van der Waals surface area contributed by atoms with Crippen LogP contribution in [0.2, 0.25) is 0 Å². The van der Waals surface area contributed by atoms with E-state index in [0.29, 0.717) is 12.4 Å². The number of benzene rings is 1. The van der Waals surface area contributed by atoms with E-state index in [-0.39, 0.29) is 10.7 Å². The Hall–Kier alpha value is -1.33. The Kier molecular flexibility index (Phi) is 4.79. The first kappa shape index (κ1) is 18.7.